The lowest BCUT2D eigenvalue weighted by Crippen LogP contribution is -2.32. The summed E-state index contributed by atoms with van der Waals surface area (Å²) in [5.41, 5.74) is 28.6. The fourth-order valence-corrected chi connectivity index (χ4v) is 16.6. The van der Waals surface area contributed by atoms with Gasteiger partial charge in [-0.2, -0.15) is 0 Å². The van der Waals surface area contributed by atoms with E-state index in [1.165, 1.54) is 89.0 Å². The summed E-state index contributed by atoms with van der Waals surface area (Å²) in [6, 6.07) is 111. The van der Waals surface area contributed by atoms with Gasteiger partial charge in [-0.05, 0) is 155 Å². The van der Waals surface area contributed by atoms with Crippen LogP contribution in [0, 0.1) is 0 Å². The number of hydrogen-bond acceptors (Lipinski definition) is 3. The van der Waals surface area contributed by atoms with Crippen molar-refractivity contribution in [3.05, 3.63) is 364 Å². The Morgan fingerprint density at radius 3 is 1.05 bits per heavy atom. The minimum absolute atomic E-state index is 0.535. The molecule has 3 spiro atoms. The van der Waals surface area contributed by atoms with Gasteiger partial charge in [-0.1, -0.05) is 237 Å². The first-order valence-corrected chi connectivity index (χ1v) is 29.2. The molecule has 13 aromatic carbocycles. The van der Waals surface area contributed by atoms with E-state index in [-0.39, 0.29) is 0 Å². The van der Waals surface area contributed by atoms with E-state index in [2.05, 4.69) is 302 Å². The Bertz CT molecular complexity index is 4870. The fourth-order valence-electron chi connectivity index (χ4n) is 16.6. The van der Waals surface area contributed by atoms with E-state index in [0.717, 1.165) is 73.4 Å². The number of ether oxygens (including phenoxy) is 2. The van der Waals surface area contributed by atoms with E-state index < -0.39 is 16.2 Å². The van der Waals surface area contributed by atoms with Crippen molar-refractivity contribution in [3.8, 4) is 78.6 Å². The van der Waals surface area contributed by atoms with Crippen molar-refractivity contribution in [2.45, 2.75) is 16.2 Å². The van der Waals surface area contributed by atoms with Gasteiger partial charge in [0.2, 0.25) is 0 Å². The SMILES string of the molecule is c1cc(-c2ccc3c(c2)C2(c4ccccc4Oc4ccccc42)c2ccccc2-3)cc(N(c2ccc3c(c2)C2(c4ccccc4-c4ccccc42)c2ccccc2-3)c2cccc3c2-c2ccccc2C32c3ccccc3Oc3ccccc32)c1. The summed E-state index contributed by atoms with van der Waals surface area (Å²) in [6.45, 7) is 0. The molecule has 13 aromatic rings. The third kappa shape index (κ3) is 5.62. The second-order valence-corrected chi connectivity index (χ2v) is 23.2. The van der Waals surface area contributed by atoms with Crippen molar-refractivity contribution in [1.29, 1.82) is 0 Å². The molecule has 0 unspecified atom stereocenters. The number of anilines is 3. The van der Waals surface area contributed by atoms with E-state index >= 15 is 0 Å². The van der Waals surface area contributed by atoms with Crippen LogP contribution in [0.4, 0.5) is 17.1 Å². The molecule has 2 heterocycles. The van der Waals surface area contributed by atoms with Crippen molar-refractivity contribution in [2.24, 2.45) is 0 Å². The summed E-state index contributed by atoms with van der Waals surface area (Å²) in [5, 5.41) is 0. The van der Waals surface area contributed by atoms with Crippen molar-refractivity contribution in [1.82, 2.24) is 0 Å². The Labute approximate surface area is 487 Å². The molecule has 3 nitrogen and oxygen atoms in total. The zero-order chi connectivity index (χ0) is 54.9. The molecule has 0 N–H and O–H groups in total. The monoisotopic (exact) mass is 1070 g/mol. The highest BCUT2D eigenvalue weighted by Crippen LogP contribution is 2.67. The molecule has 3 heteroatoms. The van der Waals surface area contributed by atoms with Crippen LogP contribution in [0.5, 0.6) is 23.0 Å². The topological polar surface area (TPSA) is 21.7 Å². The Balaban J connectivity index is 0.875. The van der Waals surface area contributed by atoms with Crippen LogP contribution in [0.1, 0.15) is 66.8 Å². The lowest BCUT2D eigenvalue weighted by Gasteiger charge is -2.39. The number of rotatable bonds is 4. The summed E-state index contributed by atoms with van der Waals surface area (Å²) in [6.07, 6.45) is 0. The third-order valence-electron chi connectivity index (χ3n) is 19.6. The van der Waals surface area contributed by atoms with E-state index in [1.54, 1.807) is 0 Å². The summed E-state index contributed by atoms with van der Waals surface area (Å²) in [5.74, 6) is 3.53. The minimum atomic E-state index is -0.652. The number of benzene rings is 13. The van der Waals surface area contributed by atoms with Gasteiger partial charge in [0.1, 0.15) is 23.0 Å². The van der Waals surface area contributed by atoms with Crippen LogP contribution in [-0.4, -0.2) is 0 Å². The highest BCUT2D eigenvalue weighted by molar-refractivity contribution is 6.01. The molecule has 0 bridgehead atoms. The maximum absolute atomic E-state index is 6.83. The van der Waals surface area contributed by atoms with Gasteiger partial charge < -0.3 is 14.4 Å². The standard InChI is InChI=1S/C81H49NO2/c1-6-28-61-54(23-1)55-24-2-7-29-62(55)79(61)63-30-8-3-26-57(63)59-46-44-53(49-72(59)79)82(73-38-20-37-70-78(73)60-27-5-10-32-65(60)80(70)66-33-11-15-39-74(66)83-75-40-16-12-34-67(75)80)52-22-19-21-50(47-52)51-43-45-58-56-25-4-9-31-64(56)81(71(58)48-51)68-35-13-17-41-76(68)84-77-42-18-14-36-69(77)81/h1-49H. The molecule has 0 amide bonds. The third-order valence-corrected chi connectivity index (χ3v) is 19.6. The lowest BCUT2D eigenvalue weighted by molar-refractivity contribution is 0.436. The number of nitrogens with zero attached hydrogens (tertiary/aromatic N) is 1. The lowest BCUT2D eigenvalue weighted by atomic mass is 9.66. The molecule has 0 fully saturated rings. The Morgan fingerprint density at radius 1 is 0.214 bits per heavy atom. The van der Waals surface area contributed by atoms with Crippen molar-refractivity contribution in [2.75, 3.05) is 4.90 Å². The average Bonchev–Trinajstić information content (AvgIpc) is 1.64. The summed E-state index contributed by atoms with van der Waals surface area (Å²) < 4.78 is 13.6. The average molecular weight is 1070 g/mol. The highest BCUT2D eigenvalue weighted by Gasteiger charge is 2.55. The van der Waals surface area contributed by atoms with Gasteiger partial charge in [-0.3, -0.25) is 0 Å². The zero-order valence-electron chi connectivity index (χ0n) is 45.6. The molecule has 6 aliphatic rings. The van der Waals surface area contributed by atoms with Crippen LogP contribution in [-0.2, 0) is 16.2 Å². The van der Waals surface area contributed by atoms with E-state index in [4.69, 9.17) is 9.47 Å². The molecule has 0 aromatic heterocycles. The van der Waals surface area contributed by atoms with Crippen LogP contribution in [0.25, 0.3) is 55.6 Å². The summed E-state index contributed by atoms with van der Waals surface area (Å²) in [4.78, 5) is 2.56. The first-order valence-electron chi connectivity index (χ1n) is 29.2. The summed E-state index contributed by atoms with van der Waals surface area (Å²) in [7, 11) is 0. The molecule has 0 atom stereocenters. The van der Waals surface area contributed by atoms with E-state index in [1.807, 2.05) is 0 Å². The fraction of sp³-hybridized carbons (Fsp3) is 0.0370. The van der Waals surface area contributed by atoms with Gasteiger partial charge in [-0.15, -0.1) is 0 Å². The molecule has 84 heavy (non-hydrogen) atoms. The van der Waals surface area contributed by atoms with E-state index in [9.17, 15) is 0 Å². The van der Waals surface area contributed by atoms with Crippen molar-refractivity contribution in [3.63, 3.8) is 0 Å². The zero-order valence-corrected chi connectivity index (χ0v) is 45.6. The maximum Gasteiger partial charge on any atom is 0.132 e. The van der Waals surface area contributed by atoms with Gasteiger partial charge in [-0.25, -0.2) is 0 Å². The van der Waals surface area contributed by atoms with Gasteiger partial charge in [0, 0.05) is 39.2 Å². The molecule has 19 rings (SSSR count). The maximum atomic E-state index is 6.83. The first-order chi connectivity index (χ1) is 41.7. The molecule has 2 aliphatic heterocycles. The van der Waals surface area contributed by atoms with Crippen LogP contribution in [0.15, 0.2) is 297 Å². The van der Waals surface area contributed by atoms with Gasteiger partial charge in [0.25, 0.3) is 0 Å². The Hall–Kier alpha value is -10.7. The number of fused-ring (bicyclic) bond motifs is 28. The Morgan fingerprint density at radius 2 is 0.548 bits per heavy atom. The molecule has 0 saturated carbocycles. The largest absolute Gasteiger partial charge is 0.457 e. The summed E-state index contributed by atoms with van der Waals surface area (Å²) >= 11 is 0. The highest BCUT2D eigenvalue weighted by atomic mass is 16.5. The van der Waals surface area contributed by atoms with Crippen LogP contribution in [0.2, 0.25) is 0 Å². The predicted molar refractivity (Wildman–Crippen MR) is 338 cm³/mol. The quantitative estimate of drug-likeness (QED) is 0.175. The number of hydrogen-bond donors (Lipinski definition) is 0. The van der Waals surface area contributed by atoms with Crippen molar-refractivity contribution < 1.29 is 9.47 Å². The van der Waals surface area contributed by atoms with Crippen LogP contribution < -0.4 is 14.4 Å². The molecular weight excluding hydrogens is 1020 g/mol. The number of para-hydroxylation sites is 4. The first kappa shape index (κ1) is 45.9. The predicted octanol–water partition coefficient (Wildman–Crippen LogP) is 20.1. The molecule has 4 aliphatic carbocycles. The van der Waals surface area contributed by atoms with Gasteiger partial charge in [0.15, 0.2) is 0 Å². The van der Waals surface area contributed by atoms with Crippen molar-refractivity contribution >= 4 is 17.1 Å². The molecule has 0 radical (unpaired) electrons. The Kier molecular flexibility index (Phi) is 9.13. The van der Waals surface area contributed by atoms with Gasteiger partial charge in [0.05, 0.1) is 21.9 Å². The molecule has 390 valence electrons. The van der Waals surface area contributed by atoms with Gasteiger partial charge >= 0.3 is 0 Å². The normalized spacial score (nSPS) is 14.9. The smallest absolute Gasteiger partial charge is 0.132 e. The second kappa shape index (κ2) is 16.7. The van der Waals surface area contributed by atoms with E-state index in [0.29, 0.717) is 0 Å². The molecule has 0 saturated heterocycles. The van der Waals surface area contributed by atoms with Crippen LogP contribution >= 0.6 is 0 Å². The second-order valence-electron chi connectivity index (χ2n) is 23.2. The molecular formula is C81H49NO2. The minimum Gasteiger partial charge on any atom is -0.457 e. The van der Waals surface area contributed by atoms with Crippen LogP contribution in [0.3, 0.4) is 0 Å².